The van der Waals surface area contributed by atoms with Crippen molar-refractivity contribution in [2.75, 3.05) is 5.32 Å². The molecule has 9 heteroatoms. The van der Waals surface area contributed by atoms with Crippen LogP contribution >= 0.6 is 11.3 Å². The van der Waals surface area contributed by atoms with Crippen molar-refractivity contribution in [2.45, 2.75) is 63.2 Å². The summed E-state index contributed by atoms with van der Waals surface area (Å²) in [6.07, 6.45) is 0. The van der Waals surface area contributed by atoms with Crippen molar-refractivity contribution >= 4 is 33.0 Å². The van der Waals surface area contributed by atoms with Gasteiger partial charge in [-0.25, -0.2) is 14.1 Å². The van der Waals surface area contributed by atoms with Crippen LogP contribution in [0.3, 0.4) is 0 Å². The molecule has 2 aromatic rings. The number of anilines is 1. The first-order valence-corrected chi connectivity index (χ1v) is 11.9. The Morgan fingerprint density at radius 1 is 1.23 bits per heavy atom. The Morgan fingerprint density at radius 2 is 1.87 bits per heavy atom. The summed E-state index contributed by atoms with van der Waals surface area (Å²) in [6.45, 7) is 11.0. The second-order valence-corrected chi connectivity index (χ2v) is 11.3. The van der Waals surface area contributed by atoms with E-state index in [2.05, 4.69) is 15.7 Å². The zero-order valence-corrected chi connectivity index (χ0v) is 19.6. The van der Waals surface area contributed by atoms with Crippen molar-refractivity contribution < 1.29 is 14.1 Å². The number of thiophene rings is 1. The van der Waals surface area contributed by atoms with Crippen LogP contribution in [-0.4, -0.2) is 15.3 Å². The number of nitrogens with zero attached hydrogens (tertiary/aromatic N) is 2. The molecule has 0 aliphatic carbocycles. The van der Waals surface area contributed by atoms with Gasteiger partial charge in [-0.2, -0.15) is 5.26 Å². The second-order valence-electron chi connectivity index (χ2n) is 8.18. The summed E-state index contributed by atoms with van der Waals surface area (Å²) in [5.74, 6) is 0.0573. The van der Waals surface area contributed by atoms with E-state index in [1.165, 1.54) is 6.07 Å². The lowest BCUT2D eigenvalue weighted by Crippen LogP contribution is -2.19. The first-order valence-electron chi connectivity index (χ1n) is 9.53. The van der Waals surface area contributed by atoms with E-state index in [0.29, 0.717) is 21.7 Å². The molecule has 0 radical (unpaired) electrons. The highest BCUT2D eigenvalue weighted by Gasteiger charge is 2.23. The molecule has 2 amide bonds. The molecule has 1 atom stereocenters. The van der Waals surface area contributed by atoms with Crippen molar-refractivity contribution in [3.05, 3.63) is 45.8 Å². The van der Waals surface area contributed by atoms with Gasteiger partial charge in [0.25, 0.3) is 0 Å². The summed E-state index contributed by atoms with van der Waals surface area (Å²) >= 11 is 1.05. The Hall–Kier alpha value is -2.25. The fourth-order valence-corrected chi connectivity index (χ4v) is 5.30. The summed E-state index contributed by atoms with van der Waals surface area (Å²) in [4.78, 5) is 13.3. The maximum absolute atomic E-state index is 12.9. The van der Waals surface area contributed by atoms with Gasteiger partial charge in [0.1, 0.15) is 4.21 Å². The molecule has 1 heterocycles. The second kappa shape index (κ2) is 8.86. The van der Waals surface area contributed by atoms with Crippen LogP contribution in [0.1, 0.15) is 74.9 Å². The van der Waals surface area contributed by atoms with Crippen LogP contribution in [0.2, 0.25) is 0 Å². The first-order chi connectivity index (χ1) is 13.8. The van der Waals surface area contributed by atoms with Gasteiger partial charge in [0, 0.05) is 4.88 Å². The third-order valence-electron chi connectivity index (χ3n) is 4.52. The van der Waals surface area contributed by atoms with E-state index < -0.39 is 21.5 Å². The molecule has 2 rings (SSSR count). The van der Waals surface area contributed by atoms with Gasteiger partial charge in [-0.3, -0.25) is 0 Å². The van der Waals surface area contributed by atoms with E-state index in [1.54, 1.807) is 32.0 Å². The molecule has 30 heavy (non-hydrogen) atoms. The highest BCUT2D eigenvalue weighted by Crippen LogP contribution is 2.35. The molecule has 0 aliphatic rings. The van der Waals surface area contributed by atoms with Crippen LogP contribution in [-0.2, 0) is 15.5 Å². The topological polar surface area (TPSA) is 129 Å². The predicted molar refractivity (Wildman–Crippen MR) is 121 cm³/mol. The molecule has 0 aliphatic heterocycles. The van der Waals surface area contributed by atoms with Crippen LogP contribution in [0.15, 0.2) is 32.8 Å². The van der Waals surface area contributed by atoms with Crippen LogP contribution < -0.4 is 10.5 Å². The Bertz CT molecular complexity index is 1110. The lowest BCUT2D eigenvalue weighted by molar-refractivity contribution is 0.0825. The number of nitrogens with one attached hydrogen (secondary N) is 1. The van der Waals surface area contributed by atoms with E-state index >= 15 is 0 Å². The van der Waals surface area contributed by atoms with Gasteiger partial charge < -0.3 is 10.4 Å². The molecule has 0 bridgehead atoms. The number of benzene rings is 1. The number of carbonyl (C=O) groups is 1. The minimum Gasteiger partial charge on any atom is -0.385 e. The lowest BCUT2D eigenvalue weighted by Gasteiger charge is -2.20. The maximum Gasteiger partial charge on any atom is 0.354 e. The third-order valence-corrected chi connectivity index (χ3v) is 7.83. The van der Waals surface area contributed by atoms with Gasteiger partial charge in [0.05, 0.1) is 22.9 Å². The number of nitriles is 1. The fourth-order valence-electron chi connectivity index (χ4n) is 3.06. The number of nitrogens with two attached hydrogens (primary N) is 1. The van der Waals surface area contributed by atoms with Crippen LogP contribution in [0.5, 0.6) is 0 Å². The Labute approximate surface area is 182 Å². The van der Waals surface area contributed by atoms with Gasteiger partial charge in [0.2, 0.25) is 0 Å². The normalized spacial score (nSPS) is 13.8. The maximum atomic E-state index is 12.9. The third kappa shape index (κ3) is 5.26. The number of hydrogen-bond acceptors (Lipinski definition) is 5. The molecule has 4 N–H and O–H groups in total. The standard InChI is InChI=1S/C21H28N4O3S2/c1-12(2)15-8-7-14(11-22)18(13(3)4)19(15)24-20(26)25-30(23,28)17-10-9-16(29-17)21(5,6)27/h7-10,12-13,27H,1-6H3,(H3,23,24,25,26,28). The Morgan fingerprint density at radius 3 is 2.33 bits per heavy atom. The SMILES string of the molecule is CC(C)c1ccc(C#N)c(C(C)C)c1NC(=O)N=S(N)(=O)c1ccc(C(C)(C)O)s1. The summed E-state index contributed by atoms with van der Waals surface area (Å²) in [6, 6.07) is 7.98. The van der Waals surface area contributed by atoms with E-state index in [-0.39, 0.29) is 16.0 Å². The summed E-state index contributed by atoms with van der Waals surface area (Å²) in [5.41, 5.74) is 1.41. The van der Waals surface area contributed by atoms with E-state index in [9.17, 15) is 19.4 Å². The summed E-state index contributed by atoms with van der Waals surface area (Å²) in [7, 11) is -3.50. The molecule has 1 aromatic heterocycles. The summed E-state index contributed by atoms with van der Waals surface area (Å²) < 4.78 is 16.8. The molecular weight excluding hydrogens is 420 g/mol. The van der Waals surface area contributed by atoms with Crippen molar-refractivity contribution in [1.29, 1.82) is 5.26 Å². The van der Waals surface area contributed by atoms with Crippen molar-refractivity contribution in [3.8, 4) is 6.07 Å². The fraction of sp³-hybridized carbons (Fsp3) is 0.429. The first kappa shape index (κ1) is 24.0. The largest absolute Gasteiger partial charge is 0.385 e. The molecule has 162 valence electrons. The smallest absolute Gasteiger partial charge is 0.354 e. The van der Waals surface area contributed by atoms with Crippen LogP contribution in [0, 0.1) is 11.3 Å². The number of carbonyl (C=O) groups excluding carboxylic acids is 1. The van der Waals surface area contributed by atoms with E-state index in [1.807, 2.05) is 27.7 Å². The van der Waals surface area contributed by atoms with Crippen LogP contribution in [0.25, 0.3) is 0 Å². The Balaban J connectivity index is 2.50. The molecule has 0 fully saturated rings. The lowest BCUT2D eigenvalue weighted by atomic mass is 9.89. The number of aliphatic hydroxyl groups is 1. The molecule has 0 saturated carbocycles. The Kier molecular flexibility index (Phi) is 7.09. The molecule has 7 nitrogen and oxygen atoms in total. The highest BCUT2D eigenvalue weighted by atomic mass is 32.2. The number of hydrogen-bond donors (Lipinski definition) is 3. The predicted octanol–water partition coefficient (Wildman–Crippen LogP) is 5.03. The average molecular weight is 449 g/mol. The molecular formula is C21H28N4O3S2. The quantitative estimate of drug-likeness (QED) is 0.592. The van der Waals surface area contributed by atoms with Crippen molar-refractivity contribution in [2.24, 2.45) is 9.50 Å². The van der Waals surface area contributed by atoms with E-state index in [4.69, 9.17) is 5.14 Å². The highest BCUT2D eigenvalue weighted by molar-refractivity contribution is 7.93. The summed E-state index contributed by atoms with van der Waals surface area (Å²) in [5, 5.41) is 28.2. The van der Waals surface area contributed by atoms with Gasteiger partial charge in [0.15, 0.2) is 9.92 Å². The van der Waals surface area contributed by atoms with Gasteiger partial charge in [-0.1, -0.05) is 33.8 Å². The van der Waals surface area contributed by atoms with Crippen LogP contribution in [0.4, 0.5) is 10.5 Å². The molecule has 1 unspecified atom stereocenters. The van der Waals surface area contributed by atoms with E-state index in [0.717, 1.165) is 16.9 Å². The average Bonchev–Trinajstić information content (AvgIpc) is 3.11. The molecule has 0 spiro atoms. The number of urea groups is 1. The zero-order valence-electron chi connectivity index (χ0n) is 18.0. The molecule has 0 saturated heterocycles. The van der Waals surface area contributed by atoms with Crippen molar-refractivity contribution in [1.82, 2.24) is 0 Å². The van der Waals surface area contributed by atoms with Gasteiger partial charge >= 0.3 is 6.03 Å². The van der Waals surface area contributed by atoms with Gasteiger partial charge in [-0.05, 0) is 55.0 Å². The zero-order chi connectivity index (χ0) is 22.9. The van der Waals surface area contributed by atoms with Crippen molar-refractivity contribution in [3.63, 3.8) is 0 Å². The minimum absolute atomic E-state index is 0.0254. The van der Waals surface area contributed by atoms with Gasteiger partial charge in [-0.15, -0.1) is 15.7 Å². The molecule has 1 aromatic carbocycles. The monoisotopic (exact) mass is 448 g/mol. The number of rotatable bonds is 5. The minimum atomic E-state index is -3.50. The number of amides is 2.